The van der Waals surface area contributed by atoms with Gasteiger partial charge in [-0.2, -0.15) is 15.3 Å². The van der Waals surface area contributed by atoms with E-state index in [1.807, 2.05) is 68.4 Å². The van der Waals surface area contributed by atoms with Crippen molar-refractivity contribution >= 4 is 22.7 Å². The van der Waals surface area contributed by atoms with E-state index in [4.69, 9.17) is 0 Å². The minimum atomic E-state index is 0.145. The molecule has 172 valence electrons. The first-order chi connectivity index (χ1) is 16.1. The summed E-state index contributed by atoms with van der Waals surface area (Å²) < 4.78 is 0. The van der Waals surface area contributed by atoms with Crippen molar-refractivity contribution in [2.24, 2.45) is 20.5 Å². The highest BCUT2D eigenvalue weighted by molar-refractivity contribution is 5.56. The Bertz CT molecular complexity index is 1100. The van der Waals surface area contributed by atoms with Crippen molar-refractivity contribution in [1.82, 2.24) is 0 Å². The first kappa shape index (κ1) is 24.3. The molecule has 0 aliphatic rings. The molecule has 0 atom stereocenters. The van der Waals surface area contributed by atoms with Gasteiger partial charge in [0.2, 0.25) is 0 Å². The van der Waals surface area contributed by atoms with E-state index in [0.29, 0.717) is 5.69 Å². The van der Waals surface area contributed by atoms with Crippen molar-refractivity contribution in [3.05, 3.63) is 77.4 Å². The topological polar surface area (TPSA) is 69.7 Å². The third-order valence-electron chi connectivity index (χ3n) is 5.69. The molecule has 0 aliphatic carbocycles. The lowest BCUT2D eigenvalue weighted by Crippen LogP contribution is -1.86. The highest BCUT2D eigenvalue weighted by atomic mass is 16.3. The average molecular weight is 443 g/mol. The van der Waals surface area contributed by atoms with Crippen molar-refractivity contribution in [2.75, 3.05) is 0 Å². The summed E-state index contributed by atoms with van der Waals surface area (Å²) in [7, 11) is 0. The largest absolute Gasteiger partial charge is 0.506 e. The van der Waals surface area contributed by atoms with Crippen LogP contribution in [0, 0.1) is 13.8 Å². The molecule has 0 saturated carbocycles. The number of nitrogens with zero attached hydrogens (tertiary/aromatic N) is 4. The average Bonchev–Trinajstić information content (AvgIpc) is 2.81. The molecule has 0 aromatic heterocycles. The number of phenolic OH excluding ortho intramolecular Hbond substituents is 1. The molecule has 0 unspecified atom stereocenters. The van der Waals surface area contributed by atoms with Gasteiger partial charge in [0.05, 0.1) is 17.1 Å². The molecule has 33 heavy (non-hydrogen) atoms. The van der Waals surface area contributed by atoms with Crippen molar-refractivity contribution in [3.63, 3.8) is 0 Å². The third kappa shape index (κ3) is 7.63. The van der Waals surface area contributed by atoms with E-state index in [9.17, 15) is 5.11 Å². The maximum atomic E-state index is 10.2. The lowest BCUT2D eigenvalue weighted by molar-refractivity contribution is 0.476. The number of unbranched alkanes of at least 4 members (excludes halogenated alkanes) is 5. The maximum absolute atomic E-state index is 10.2. The number of phenols is 1. The van der Waals surface area contributed by atoms with E-state index in [0.717, 1.165) is 41.0 Å². The van der Waals surface area contributed by atoms with Crippen LogP contribution in [0.25, 0.3) is 0 Å². The Morgan fingerprint density at radius 3 is 2.12 bits per heavy atom. The molecule has 0 spiro atoms. The number of aromatic hydroxyl groups is 1. The van der Waals surface area contributed by atoms with Crippen LogP contribution in [0.4, 0.5) is 22.7 Å². The second-order valence-corrected chi connectivity index (χ2v) is 8.50. The van der Waals surface area contributed by atoms with Crippen LogP contribution in [0.1, 0.15) is 62.1 Å². The van der Waals surface area contributed by atoms with E-state index >= 15 is 0 Å². The van der Waals surface area contributed by atoms with Gasteiger partial charge in [0.1, 0.15) is 11.4 Å². The second-order valence-electron chi connectivity index (χ2n) is 8.50. The zero-order valence-electron chi connectivity index (χ0n) is 20.0. The van der Waals surface area contributed by atoms with Gasteiger partial charge in [-0.15, -0.1) is 5.11 Å². The molecule has 3 aromatic carbocycles. The molecule has 0 heterocycles. The van der Waals surface area contributed by atoms with Gasteiger partial charge < -0.3 is 5.11 Å². The van der Waals surface area contributed by atoms with Crippen LogP contribution in [0.5, 0.6) is 5.75 Å². The van der Waals surface area contributed by atoms with Crippen molar-refractivity contribution < 1.29 is 5.11 Å². The van der Waals surface area contributed by atoms with Crippen LogP contribution in [0.15, 0.2) is 81.1 Å². The van der Waals surface area contributed by atoms with E-state index < -0.39 is 0 Å². The SMILES string of the molecule is CCCCCCCCc1ccc(O)c(N=Nc2ccc(N=Nc3ccccc3C)cc2C)c1. The van der Waals surface area contributed by atoms with E-state index in [-0.39, 0.29) is 5.75 Å². The van der Waals surface area contributed by atoms with E-state index in [1.54, 1.807) is 6.07 Å². The van der Waals surface area contributed by atoms with Gasteiger partial charge in [0.25, 0.3) is 0 Å². The molecular weight excluding hydrogens is 408 g/mol. The Hall–Kier alpha value is -3.34. The summed E-state index contributed by atoms with van der Waals surface area (Å²) in [6, 6.07) is 19.2. The summed E-state index contributed by atoms with van der Waals surface area (Å²) in [4.78, 5) is 0. The minimum Gasteiger partial charge on any atom is -0.506 e. The van der Waals surface area contributed by atoms with Crippen LogP contribution >= 0.6 is 0 Å². The van der Waals surface area contributed by atoms with Gasteiger partial charge in [-0.3, -0.25) is 0 Å². The molecule has 0 aliphatic heterocycles. The fraction of sp³-hybridized carbons (Fsp3) is 0.357. The standard InChI is InChI=1S/C28H34N4O/c1-4-5-6-7-8-9-13-23-15-18-28(33)27(20-23)32-31-26-17-16-24(19-22(26)3)29-30-25-14-11-10-12-21(25)2/h10-12,14-20,33H,4-9,13H2,1-3H3. The third-order valence-corrected chi connectivity index (χ3v) is 5.69. The predicted molar refractivity (Wildman–Crippen MR) is 136 cm³/mol. The number of hydrogen-bond acceptors (Lipinski definition) is 5. The van der Waals surface area contributed by atoms with Crippen LogP contribution in [0.3, 0.4) is 0 Å². The first-order valence-corrected chi connectivity index (χ1v) is 11.9. The van der Waals surface area contributed by atoms with Crippen LogP contribution < -0.4 is 0 Å². The Morgan fingerprint density at radius 1 is 0.636 bits per heavy atom. The summed E-state index contributed by atoms with van der Waals surface area (Å²) in [5.74, 6) is 0.145. The molecule has 0 radical (unpaired) electrons. The Labute approximate surface area is 197 Å². The monoisotopic (exact) mass is 442 g/mol. The van der Waals surface area contributed by atoms with E-state index in [1.165, 1.54) is 37.7 Å². The van der Waals surface area contributed by atoms with Gasteiger partial charge in [-0.05, 0) is 79.8 Å². The lowest BCUT2D eigenvalue weighted by atomic mass is 10.0. The highest BCUT2D eigenvalue weighted by Crippen LogP contribution is 2.32. The molecule has 3 rings (SSSR count). The quantitative estimate of drug-likeness (QED) is 0.233. The summed E-state index contributed by atoms with van der Waals surface area (Å²) in [6.07, 6.45) is 8.59. The fourth-order valence-electron chi connectivity index (χ4n) is 3.62. The van der Waals surface area contributed by atoms with Gasteiger partial charge in [0, 0.05) is 0 Å². The first-order valence-electron chi connectivity index (χ1n) is 11.9. The smallest absolute Gasteiger partial charge is 0.143 e. The number of rotatable bonds is 11. The van der Waals surface area contributed by atoms with Gasteiger partial charge in [-0.1, -0.05) is 63.3 Å². The van der Waals surface area contributed by atoms with Crippen molar-refractivity contribution in [2.45, 2.75) is 65.7 Å². The van der Waals surface area contributed by atoms with Gasteiger partial charge >= 0.3 is 0 Å². The number of azo groups is 2. The Balaban J connectivity index is 1.63. The molecule has 5 nitrogen and oxygen atoms in total. The van der Waals surface area contributed by atoms with Crippen LogP contribution in [-0.4, -0.2) is 5.11 Å². The van der Waals surface area contributed by atoms with Gasteiger partial charge in [-0.25, -0.2) is 0 Å². The number of aryl methyl sites for hydroxylation is 3. The van der Waals surface area contributed by atoms with E-state index in [2.05, 4.69) is 27.4 Å². The Kier molecular flexibility index (Phi) is 9.31. The van der Waals surface area contributed by atoms with Crippen molar-refractivity contribution in [3.8, 4) is 5.75 Å². The zero-order valence-corrected chi connectivity index (χ0v) is 20.0. The zero-order chi connectivity index (χ0) is 23.5. The molecule has 0 amide bonds. The molecule has 3 aromatic rings. The van der Waals surface area contributed by atoms with Crippen LogP contribution in [-0.2, 0) is 6.42 Å². The molecule has 0 bridgehead atoms. The number of hydrogen-bond donors (Lipinski definition) is 1. The second kappa shape index (κ2) is 12.6. The summed E-state index contributed by atoms with van der Waals surface area (Å²) in [6.45, 7) is 6.22. The highest BCUT2D eigenvalue weighted by Gasteiger charge is 2.04. The summed E-state index contributed by atoms with van der Waals surface area (Å²) in [5, 5.41) is 27.6. The van der Waals surface area contributed by atoms with Crippen LogP contribution in [0.2, 0.25) is 0 Å². The predicted octanol–water partition coefficient (Wildman–Crippen LogP) is 9.74. The fourth-order valence-corrected chi connectivity index (χ4v) is 3.62. The summed E-state index contributed by atoms with van der Waals surface area (Å²) in [5.41, 5.74) is 6.08. The Morgan fingerprint density at radius 2 is 1.33 bits per heavy atom. The molecule has 0 saturated heterocycles. The maximum Gasteiger partial charge on any atom is 0.143 e. The molecule has 0 fully saturated rings. The van der Waals surface area contributed by atoms with Gasteiger partial charge in [0.15, 0.2) is 0 Å². The minimum absolute atomic E-state index is 0.145. The molecular formula is C28H34N4O. The molecule has 5 heteroatoms. The lowest BCUT2D eigenvalue weighted by Gasteiger charge is -2.05. The normalized spacial score (nSPS) is 11.6. The van der Waals surface area contributed by atoms with Crippen molar-refractivity contribution in [1.29, 1.82) is 0 Å². The molecule has 1 N–H and O–H groups in total. The number of benzene rings is 3. The summed E-state index contributed by atoms with van der Waals surface area (Å²) >= 11 is 0.